The topological polar surface area (TPSA) is 61.0 Å². The van der Waals surface area contributed by atoms with Crippen molar-refractivity contribution in [1.82, 2.24) is 10.2 Å². The number of rotatable bonds is 2. The van der Waals surface area contributed by atoms with Crippen LogP contribution in [0, 0.1) is 11.6 Å². The minimum atomic E-state index is -1.60. The zero-order valence-corrected chi connectivity index (χ0v) is 13.4. The van der Waals surface area contributed by atoms with Crippen LogP contribution >= 0.6 is 0 Å². The maximum atomic E-state index is 14.7. The Morgan fingerprint density at radius 1 is 1.12 bits per heavy atom. The average Bonchev–Trinajstić information content (AvgIpc) is 3.22. The molecule has 1 aromatic heterocycles. The van der Waals surface area contributed by atoms with Crippen LogP contribution in [0.5, 0.6) is 0 Å². The predicted molar refractivity (Wildman–Crippen MR) is 84.4 cm³/mol. The number of nitrogens with zero attached hydrogens (tertiary/aromatic N) is 2. The molecular formula is C18H16F3N3O. The zero-order valence-electron chi connectivity index (χ0n) is 13.4. The van der Waals surface area contributed by atoms with Crippen LogP contribution < -0.4 is 5.73 Å². The van der Waals surface area contributed by atoms with Gasteiger partial charge in [-0.1, -0.05) is 0 Å². The normalized spacial score (nSPS) is 25.7. The summed E-state index contributed by atoms with van der Waals surface area (Å²) in [4.78, 5) is 0. The van der Waals surface area contributed by atoms with Crippen LogP contribution in [-0.4, -0.2) is 16.3 Å². The maximum Gasteiger partial charge on any atom is 0.152 e. The monoisotopic (exact) mass is 347 g/mol. The molecule has 0 amide bonds. The molecule has 130 valence electrons. The molecule has 1 saturated carbocycles. The number of hydrogen-bond donors (Lipinski definition) is 1. The van der Waals surface area contributed by atoms with E-state index in [1.54, 1.807) is 0 Å². The molecule has 1 aliphatic carbocycles. The van der Waals surface area contributed by atoms with E-state index in [2.05, 4.69) is 10.2 Å². The standard InChI is InChI=1S/C18H16F3N3O/c19-11-5-8(18(21)3-4-18)6-12(20)15(11)16-10-7-9-1-2-13(25-9)14(10)17(22)24-23-16/h5-6,9,13H,1-4,7H2,(H2,22,24)/t9?,13-/m1/s1. The molecule has 2 aliphatic heterocycles. The van der Waals surface area contributed by atoms with E-state index in [1.807, 2.05) is 0 Å². The van der Waals surface area contributed by atoms with Crippen LogP contribution in [-0.2, 0) is 16.8 Å². The molecule has 25 heavy (non-hydrogen) atoms. The Labute approximate surface area is 142 Å². The Morgan fingerprint density at radius 2 is 1.84 bits per heavy atom. The van der Waals surface area contributed by atoms with Gasteiger partial charge in [0.15, 0.2) is 5.82 Å². The first-order valence-electron chi connectivity index (χ1n) is 8.45. The summed E-state index contributed by atoms with van der Waals surface area (Å²) in [5.41, 5.74) is 5.66. The molecule has 2 atom stereocenters. The van der Waals surface area contributed by atoms with Crippen LogP contribution in [0.25, 0.3) is 11.3 Å². The number of hydrogen-bond acceptors (Lipinski definition) is 4. The van der Waals surface area contributed by atoms with Gasteiger partial charge in [0.25, 0.3) is 0 Å². The molecule has 2 bridgehead atoms. The summed E-state index contributed by atoms with van der Waals surface area (Å²) in [5, 5.41) is 7.87. The summed E-state index contributed by atoms with van der Waals surface area (Å²) in [7, 11) is 0. The summed E-state index contributed by atoms with van der Waals surface area (Å²) >= 11 is 0. The van der Waals surface area contributed by atoms with E-state index in [4.69, 9.17) is 10.5 Å². The van der Waals surface area contributed by atoms with Gasteiger partial charge in [0.05, 0.1) is 17.8 Å². The summed E-state index contributed by atoms with van der Waals surface area (Å²) < 4.78 is 49.4. The van der Waals surface area contributed by atoms with Crippen molar-refractivity contribution < 1.29 is 17.9 Å². The molecule has 5 rings (SSSR count). The zero-order chi connectivity index (χ0) is 17.3. The van der Waals surface area contributed by atoms with Gasteiger partial charge in [-0.3, -0.25) is 0 Å². The Hall–Kier alpha value is -2.15. The number of aromatic nitrogens is 2. The Morgan fingerprint density at radius 3 is 2.52 bits per heavy atom. The number of anilines is 1. The summed E-state index contributed by atoms with van der Waals surface area (Å²) in [6.07, 6.45) is 2.56. The van der Waals surface area contributed by atoms with Gasteiger partial charge < -0.3 is 10.5 Å². The van der Waals surface area contributed by atoms with E-state index in [-0.39, 0.29) is 34.8 Å². The van der Waals surface area contributed by atoms with E-state index < -0.39 is 17.3 Å². The van der Waals surface area contributed by atoms with Crippen LogP contribution in [0.15, 0.2) is 12.1 Å². The third-order valence-electron chi connectivity index (χ3n) is 5.49. The molecular weight excluding hydrogens is 331 g/mol. The van der Waals surface area contributed by atoms with E-state index >= 15 is 0 Å². The van der Waals surface area contributed by atoms with Gasteiger partial charge in [-0.15, -0.1) is 10.2 Å². The molecule has 0 radical (unpaired) electrons. The lowest BCUT2D eigenvalue weighted by Crippen LogP contribution is -2.22. The molecule has 1 unspecified atom stereocenters. The second-order valence-electron chi connectivity index (χ2n) is 7.13. The first-order valence-corrected chi connectivity index (χ1v) is 8.45. The van der Waals surface area contributed by atoms with Gasteiger partial charge in [0.2, 0.25) is 0 Å². The molecule has 3 aliphatic rings. The first-order chi connectivity index (χ1) is 12.0. The smallest absolute Gasteiger partial charge is 0.152 e. The van der Waals surface area contributed by atoms with Crippen molar-refractivity contribution in [3.63, 3.8) is 0 Å². The molecule has 2 fully saturated rings. The molecule has 0 spiro atoms. The van der Waals surface area contributed by atoms with E-state index in [0.717, 1.165) is 25.0 Å². The maximum absolute atomic E-state index is 14.7. The van der Waals surface area contributed by atoms with Crippen molar-refractivity contribution in [1.29, 1.82) is 0 Å². The van der Waals surface area contributed by atoms with Crippen molar-refractivity contribution in [3.05, 3.63) is 40.5 Å². The van der Waals surface area contributed by atoms with Crippen LogP contribution in [0.2, 0.25) is 0 Å². The van der Waals surface area contributed by atoms with Gasteiger partial charge in [-0.05, 0) is 48.9 Å². The third-order valence-corrected chi connectivity index (χ3v) is 5.49. The lowest BCUT2D eigenvalue weighted by molar-refractivity contribution is 0.0326. The van der Waals surface area contributed by atoms with E-state index in [9.17, 15) is 13.2 Å². The van der Waals surface area contributed by atoms with Gasteiger partial charge in [0, 0.05) is 12.0 Å². The van der Waals surface area contributed by atoms with Crippen molar-refractivity contribution in [2.24, 2.45) is 0 Å². The number of fused-ring (bicyclic) bond motifs is 4. The highest BCUT2D eigenvalue weighted by atomic mass is 19.1. The largest absolute Gasteiger partial charge is 0.382 e. The summed E-state index contributed by atoms with van der Waals surface area (Å²) in [6.45, 7) is 0. The lowest BCUT2D eigenvalue weighted by atomic mass is 9.93. The lowest BCUT2D eigenvalue weighted by Gasteiger charge is -2.26. The quantitative estimate of drug-likeness (QED) is 0.899. The molecule has 4 nitrogen and oxygen atoms in total. The second-order valence-corrected chi connectivity index (χ2v) is 7.13. The highest BCUT2D eigenvalue weighted by molar-refractivity contribution is 5.69. The molecule has 1 saturated heterocycles. The molecule has 2 aromatic rings. The van der Waals surface area contributed by atoms with Crippen molar-refractivity contribution in [2.45, 2.75) is 50.0 Å². The SMILES string of the molecule is Nc1nnc(-c2c(F)cc(C3(F)CC3)cc2F)c2c1[C@H]1CCC(C2)O1. The van der Waals surface area contributed by atoms with E-state index in [1.165, 1.54) is 0 Å². The van der Waals surface area contributed by atoms with E-state index in [0.29, 0.717) is 30.4 Å². The highest BCUT2D eigenvalue weighted by Gasteiger charge is 2.46. The fourth-order valence-electron chi connectivity index (χ4n) is 4.02. The van der Waals surface area contributed by atoms with Crippen molar-refractivity contribution in [3.8, 4) is 11.3 Å². The fourth-order valence-corrected chi connectivity index (χ4v) is 4.02. The van der Waals surface area contributed by atoms with Gasteiger partial charge in [0.1, 0.15) is 23.0 Å². The number of nitrogen functional groups attached to an aromatic ring is 1. The van der Waals surface area contributed by atoms with Gasteiger partial charge >= 0.3 is 0 Å². The molecule has 3 heterocycles. The van der Waals surface area contributed by atoms with Crippen molar-refractivity contribution >= 4 is 5.82 Å². The molecule has 7 heteroatoms. The Bertz CT molecular complexity index is 874. The minimum Gasteiger partial charge on any atom is -0.382 e. The van der Waals surface area contributed by atoms with Crippen LogP contribution in [0.4, 0.5) is 19.0 Å². The minimum absolute atomic E-state index is 0.00539. The summed E-state index contributed by atoms with van der Waals surface area (Å²) in [5.74, 6) is -1.40. The van der Waals surface area contributed by atoms with Gasteiger partial charge in [-0.25, -0.2) is 13.2 Å². The molecule has 2 N–H and O–H groups in total. The molecule has 1 aromatic carbocycles. The average molecular weight is 347 g/mol. The third kappa shape index (κ3) is 2.18. The predicted octanol–water partition coefficient (Wildman–Crippen LogP) is 3.74. The van der Waals surface area contributed by atoms with Crippen LogP contribution in [0.1, 0.15) is 48.5 Å². The van der Waals surface area contributed by atoms with Gasteiger partial charge in [-0.2, -0.15) is 0 Å². The van der Waals surface area contributed by atoms with Crippen LogP contribution in [0.3, 0.4) is 0 Å². The second kappa shape index (κ2) is 4.94. The first kappa shape index (κ1) is 15.1. The Kier molecular flexibility index (Phi) is 2.99. The number of nitrogens with two attached hydrogens (primary N) is 1. The number of ether oxygens (including phenoxy) is 1. The highest BCUT2D eigenvalue weighted by Crippen LogP contribution is 2.51. The summed E-state index contributed by atoms with van der Waals surface area (Å²) in [6, 6.07) is 2.15. The fraction of sp³-hybridized carbons (Fsp3) is 0.444. The van der Waals surface area contributed by atoms with Crippen molar-refractivity contribution in [2.75, 3.05) is 5.73 Å². The number of benzene rings is 1. The number of halogens is 3. The number of alkyl halides is 1. The Balaban J connectivity index is 1.69.